The molecule has 0 atom stereocenters. The number of carbonyl (C=O) groups excluding carboxylic acids is 1. The first-order chi connectivity index (χ1) is 16.6. The van der Waals surface area contributed by atoms with E-state index in [-0.39, 0.29) is 18.7 Å². The van der Waals surface area contributed by atoms with Gasteiger partial charge in [-0.2, -0.15) is 5.10 Å². The highest BCUT2D eigenvalue weighted by Crippen LogP contribution is 2.30. The fourth-order valence-electron chi connectivity index (χ4n) is 4.22. The highest BCUT2D eigenvalue weighted by Gasteiger charge is 2.32. The number of alkyl halides is 3. The largest absolute Gasteiger partial charge is 0.573 e. The number of aryl methyl sites for hydroxylation is 1. The highest BCUT2D eigenvalue weighted by atomic mass is 19.4. The van der Waals surface area contributed by atoms with Crippen molar-refractivity contribution < 1.29 is 27.1 Å². The number of hydrogen-bond donors (Lipinski definition) is 1. The van der Waals surface area contributed by atoms with Crippen molar-refractivity contribution in [2.24, 2.45) is 0 Å². The summed E-state index contributed by atoms with van der Waals surface area (Å²) in [6.07, 6.45) is -1.53. The number of halogens is 4. The van der Waals surface area contributed by atoms with Gasteiger partial charge in [-0.05, 0) is 42.8 Å². The molecule has 180 valence electrons. The Hall–Kier alpha value is -4.22. The van der Waals surface area contributed by atoms with Gasteiger partial charge in [0.25, 0.3) is 5.91 Å². The van der Waals surface area contributed by atoms with E-state index in [4.69, 9.17) is 5.73 Å². The number of hydrogen-bond acceptors (Lipinski definition) is 6. The number of benzene rings is 1. The molecule has 0 radical (unpaired) electrons. The Morgan fingerprint density at radius 1 is 1.17 bits per heavy atom. The van der Waals surface area contributed by atoms with Crippen LogP contribution in [0.3, 0.4) is 0 Å². The van der Waals surface area contributed by atoms with Gasteiger partial charge in [0.05, 0.1) is 17.0 Å². The van der Waals surface area contributed by atoms with Crippen LogP contribution in [0, 0.1) is 12.7 Å². The number of nitrogen functional groups attached to an aromatic ring is 1. The molecule has 0 fully saturated rings. The van der Waals surface area contributed by atoms with Crippen molar-refractivity contribution >= 4 is 17.2 Å². The second-order valence-corrected chi connectivity index (χ2v) is 8.11. The minimum Gasteiger partial charge on any atom is -0.406 e. The van der Waals surface area contributed by atoms with Crippen LogP contribution in [0.5, 0.6) is 5.75 Å². The van der Waals surface area contributed by atoms with Gasteiger partial charge in [-0.25, -0.2) is 13.9 Å². The monoisotopic (exact) mass is 486 g/mol. The fourth-order valence-corrected chi connectivity index (χ4v) is 4.22. The van der Waals surface area contributed by atoms with Gasteiger partial charge in [-0.15, -0.1) is 13.2 Å². The van der Waals surface area contributed by atoms with Crippen LogP contribution in [0.2, 0.25) is 0 Å². The van der Waals surface area contributed by atoms with E-state index in [1.54, 1.807) is 16.8 Å². The number of ether oxygens (including phenoxy) is 1. The molecule has 3 aromatic heterocycles. The standard InChI is InChI=1S/C23H18F4N6O2/c1-12-6-19(33-20(12)21(28)30-11-31-33)13-8-16-18(29-9-13)4-5-32(22(16)34)10-14-7-15(2-3-17(14)24)35-23(25,26)27/h2-3,6-9,11H,4-5,10H2,1H3,(H2,28,30,31). The summed E-state index contributed by atoms with van der Waals surface area (Å²) in [4.78, 5) is 23.1. The second kappa shape index (κ2) is 8.22. The van der Waals surface area contributed by atoms with E-state index in [1.807, 2.05) is 13.0 Å². The van der Waals surface area contributed by atoms with Crippen LogP contribution in [0.4, 0.5) is 23.4 Å². The molecule has 0 saturated carbocycles. The zero-order chi connectivity index (χ0) is 24.9. The number of nitrogens with two attached hydrogens (primary N) is 1. The summed E-state index contributed by atoms with van der Waals surface area (Å²) in [6.45, 7) is 1.88. The summed E-state index contributed by atoms with van der Waals surface area (Å²) in [5.41, 5.74) is 9.56. The lowest BCUT2D eigenvalue weighted by atomic mass is 10.0. The van der Waals surface area contributed by atoms with Gasteiger partial charge in [0.1, 0.15) is 23.4 Å². The van der Waals surface area contributed by atoms with Crippen molar-refractivity contribution in [2.45, 2.75) is 26.3 Å². The molecule has 0 saturated heterocycles. The molecule has 1 aliphatic heterocycles. The number of anilines is 1. The zero-order valence-electron chi connectivity index (χ0n) is 18.3. The number of carbonyl (C=O) groups is 1. The summed E-state index contributed by atoms with van der Waals surface area (Å²) in [7, 11) is 0. The van der Waals surface area contributed by atoms with E-state index in [1.165, 1.54) is 11.2 Å². The first-order valence-corrected chi connectivity index (χ1v) is 10.5. The van der Waals surface area contributed by atoms with Crippen molar-refractivity contribution in [1.29, 1.82) is 0 Å². The Bertz CT molecular complexity index is 1470. The summed E-state index contributed by atoms with van der Waals surface area (Å²) in [5, 5.41) is 4.25. The van der Waals surface area contributed by atoms with Gasteiger partial charge in [-0.3, -0.25) is 9.78 Å². The topological polar surface area (TPSA) is 98.6 Å². The zero-order valence-corrected chi connectivity index (χ0v) is 18.3. The van der Waals surface area contributed by atoms with Crippen LogP contribution in [0.25, 0.3) is 16.8 Å². The average Bonchev–Trinajstić information content (AvgIpc) is 3.14. The number of rotatable bonds is 4. The third-order valence-corrected chi connectivity index (χ3v) is 5.79. The summed E-state index contributed by atoms with van der Waals surface area (Å²) in [5.74, 6) is -1.39. The average molecular weight is 486 g/mol. The molecular weight excluding hydrogens is 468 g/mol. The minimum absolute atomic E-state index is 0.0898. The molecule has 4 heterocycles. The van der Waals surface area contributed by atoms with E-state index in [0.29, 0.717) is 40.3 Å². The first-order valence-electron chi connectivity index (χ1n) is 10.5. The third kappa shape index (κ3) is 4.22. The van der Waals surface area contributed by atoms with Crippen molar-refractivity contribution in [1.82, 2.24) is 24.5 Å². The second-order valence-electron chi connectivity index (χ2n) is 8.11. The van der Waals surface area contributed by atoms with E-state index in [9.17, 15) is 22.4 Å². The molecule has 2 N–H and O–H groups in total. The Kier molecular flexibility index (Phi) is 5.30. The maximum Gasteiger partial charge on any atom is 0.573 e. The Balaban J connectivity index is 1.46. The lowest BCUT2D eigenvalue weighted by Gasteiger charge is -2.28. The Morgan fingerprint density at radius 2 is 1.97 bits per heavy atom. The SMILES string of the molecule is Cc1cc(-c2cnc3c(c2)C(=O)N(Cc2cc(OC(F)(F)F)ccc2F)CC3)n2ncnc(N)c12. The van der Waals surface area contributed by atoms with Crippen LogP contribution in [-0.2, 0) is 13.0 Å². The molecule has 0 unspecified atom stereocenters. The lowest BCUT2D eigenvalue weighted by Crippen LogP contribution is -2.37. The normalized spacial score (nSPS) is 13.9. The molecule has 35 heavy (non-hydrogen) atoms. The number of aromatic nitrogens is 4. The van der Waals surface area contributed by atoms with Gasteiger partial charge in [0.15, 0.2) is 5.82 Å². The molecule has 1 amide bonds. The number of fused-ring (bicyclic) bond motifs is 2. The van der Waals surface area contributed by atoms with Crippen LogP contribution in [0.15, 0.2) is 42.9 Å². The van der Waals surface area contributed by atoms with E-state index in [2.05, 4.69) is 19.8 Å². The number of pyridine rings is 1. The van der Waals surface area contributed by atoms with Gasteiger partial charge >= 0.3 is 6.36 Å². The van der Waals surface area contributed by atoms with Crippen molar-refractivity contribution in [3.05, 3.63) is 71.1 Å². The van der Waals surface area contributed by atoms with Gasteiger partial charge in [-0.1, -0.05) is 0 Å². The highest BCUT2D eigenvalue weighted by molar-refractivity contribution is 5.97. The van der Waals surface area contributed by atoms with Gasteiger partial charge < -0.3 is 15.4 Å². The van der Waals surface area contributed by atoms with Crippen LogP contribution in [0.1, 0.15) is 27.2 Å². The van der Waals surface area contributed by atoms with E-state index in [0.717, 1.165) is 23.8 Å². The quantitative estimate of drug-likeness (QED) is 0.439. The Labute approximate surface area is 196 Å². The molecule has 8 nitrogen and oxygen atoms in total. The van der Waals surface area contributed by atoms with Crippen LogP contribution < -0.4 is 10.5 Å². The molecule has 0 bridgehead atoms. The van der Waals surface area contributed by atoms with E-state index >= 15 is 0 Å². The van der Waals surface area contributed by atoms with E-state index < -0.39 is 23.8 Å². The van der Waals surface area contributed by atoms with Crippen LogP contribution >= 0.6 is 0 Å². The predicted octanol–water partition coefficient (Wildman–Crippen LogP) is 3.92. The fraction of sp³-hybridized carbons (Fsp3) is 0.217. The van der Waals surface area contributed by atoms with Crippen molar-refractivity contribution in [3.63, 3.8) is 0 Å². The first kappa shape index (κ1) is 22.6. The molecule has 12 heteroatoms. The number of amides is 1. The molecule has 4 aromatic rings. The Morgan fingerprint density at radius 3 is 2.74 bits per heavy atom. The molecule has 1 aromatic carbocycles. The van der Waals surface area contributed by atoms with Crippen molar-refractivity contribution in [2.75, 3.05) is 12.3 Å². The van der Waals surface area contributed by atoms with Crippen LogP contribution in [-0.4, -0.2) is 43.3 Å². The maximum atomic E-state index is 14.3. The molecule has 5 rings (SSSR count). The molecular formula is C23H18F4N6O2. The molecule has 0 aliphatic carbocycles. The van der Waals surface area contributed by atoms with Gasteiger partial charge in [0.2, 0.25) is 0 Å². The van der Waals surface area contributed by atoms with Gasteiger partial charge in [0, 0.05) is 36.8 Å². The molecule has 0 spiro atoms. The lowest BCUT2D eigenvalue weighted by molar-refractivity contribution is -0.274. The van der Waals surface area contributed by atoms with Crippen molar-refractivity contribution in [3.8, 4) is 17.0 Å². The smallest absolute Gasteiger partial charge is 0.406 e. The summed E-state index contributed by atoms with van der Waals surface area (Å²) >= 11 is 0. The predicted molar refractivity (Wildman–Crippen MR) is 117 cm³/mol. The minimum atomic E-state index is -4.91. The maximum absolute atomic E-state index is 14.3. The number of nitrogens with zero attached hydrogens (tertiary/aromatic N) is 5. The molecule has 1 aliphatic rings. The summed E-state index contributed by atoms with van der Waals surface area (Å²) in [6, 6.07) is 6.24. The third-order valence-electron chi connectivity index (χ3n) is 5.79. The summed E-state index contributed by atoms with van der Waals surface area (Å²) < 4.78 is 57.5.